The smallest absolute Gasteiger partial charge is 0.284 e. The van der Waals surface area contributed by atoms with Crippen molar-refractivity contribution in [2.24, 2.45) is 0 Å². The number of thioether (sulfide) groups is 2. The van der Waals surface area contributed by atoms with Crippen LogP contribution in [0.25, 0.3) is 11.7 Å². The van der Waals surface area contributed by atoms with Crippen molar-refractivity contribution >= 4 is 40.9 Å². The number of nitrogens with one attached hydrogen (secondary N) is 1. The highest BCUT2D eigenvalue weighted by atomic mass is 32.2. The van der Waals surface area contributed by atoms with Crippen molar-refractivity contribution in [2.45, 2.75) is 17.0 Å². The lowest BCUT2D eigenvalue weighted by atomic mass is 10.1. The summed E-state index contributed by atoms with van der Waals surface area (Å²) < 4.78 is 10.6. The number of aromatic nitrogens is 2. The Labute approximate surface area is 157 Å². The van der Waals surface area contributed by atoms with Crippen molar-refractivity contribution in [3.8, 4) is 11.7 Å². The zero-order valence-corrected chi connectivity index (χ0v) is 15.6. The third kappa shape index (κ3) is 4.36. The van der Waals surface area contributed by atoms with Gasteiger partial charge in [0.25, 0.3) is 11.1 Å². The minimum absolute atomic E-state index is 0.105. The largest absolute Gasteiger partial charge is 0.459 e. The molecular formula is C17H15N3O4S2. The van der Waals surface area contributed by atoms with Crippen LogP contribution in [0.15, 0.2) is 55.5 Å². The Morgan fingerprint density at radius 2 is 2.08 bits per heavy atom. The number of anilines is 1. The summed E-state index contributed by atoms with van der Waals surface area (Å²) in [5, 5.41) is 10.8. The monoisotopic (exact) mass is 389 g/mol. The first-order valence-electron chi connectivity index (χ1n) is 7.56. The van der Waals surface area contributed by atoms with E-state index in [4.69, 9.17) is 8.83 Å². The van der Waals surface area contributed by atoms with Crippen LogP contribution in [0.3, 0.4) is 0 Å². The summed E-state index contributed by atoms with van der Waals surface area (Å²) in [5.41, 5.74) is 1.13. The molecule has 134 valence electrons. The van der Waals surface area contributed by atoms with E-state index >= 15 is 0 Å². The fraction of sp³-hybridized carbons (Fsp3) is 0.176. The number of rotatable bonds is 7. The average Bonchev–Trinajstić information content (AvgIpc) is 3.30. The molecule has 0 spiro atoms. The van der Waals surface area contributed by atoms with Crippen LogP contribution in [-0.2, 0) is 4.79 Å². The van der Waals surface area contributed by atoms with Gasteiger partial charge in [-0.3, -0.25) is 9.59 Å². The number of hydrogen-bond acceptors (Lipinski definition) is 8. The SMILES string of the molecule is CSc1ccc(C(=O)CSc2nnc(-c3ccco3)o2)cc1NC(C)=O. The van der Waals surface area contributed by atoms with E-state index in [0.29, 0.717) is 17.0 Å². The standard InChI is InChI=1S/C17H15N3O4S2/c1-10(21)18-12-8-11(5-6-15(12)25-2)13(22)9-26-17-20-19-16(24-17)14-4-3-7-23-14/h3-8H,9H2,1-2H3,(H,18,21). The molecule has 2 aromatic heterocycles. The summed E-state index contributed by atoms with van der Waals surface area (Å²) in [6, 6.07) is 8.67. The molecule has 0 unspecified atom stereocenters. The molecular weight excluding hydrogens is 374 g/mol. The van der Waals surface area contributed by atoms with Crippen LogP contribution in [0.1, 0.15) is 17.3 Å². The van der Waals surface area contributed by atoms with Crippen molar-refractivity contribution < 1.29 is 18.4 Å². The molecule has 9 heteroatoms. The van der Waals surface area contributed by atoms with Gasteiger partial charge in [-0.15, -0.1) is 22.0 Å². The van der Waals surface area contributed by atoms with Crippen LogP contribution in [0.5, 0.6) is 0 Å². The molecule has 0 radical (unpaired) electrons. The van der Waals surface area contributed by atoms with Gasteiger partial charge in [-0.2, -0.15) is 0 Å². The molecule has 0 aliphatic heterocycles. The minimum Gasteiger partial charge on any atom is -0.459 e. The van der Waals surface area contributed by atoms with Crippen molar-refractivity contribution in [3.05, 3.63) is 42.2 Å². The number of benzene rings is 1. The predicted octanol–water partition coefficient (Wildman–Crippen LogP) is 3.98. The molecule has 3 rings (SSSR count). The number of furan rings is 1. The maximum absolute atomic E-state index is 12.4. The summed E-state index contributed by atoms with van der Waals surface area (Å²) in [4.78, 5) is 24.7. The third-order valence-electron chi connectivity index (χ3n) is 3.30. The normalized spacial score (nSPS) is 10.7. The second kappa shape index (κ2) is 8.24. The fourth-order valence-corrected chi connectivity index (χ4v) is 3.34. The van der Waals surface area contributed by atoms with Crippen LogP contribution < -0.4 is 5.32 Å². The zero-order valence-electron chi connectivity index (χ0n) is 14.0. The topological polar surface area (TPSA) is 98.2 Å². The summed E-state index contributed by atoms with van der Waals surface area (Å²) in [5.74, 6) is 0.589. The van der Waals surface area contributed by atoms with Crippen LogP contribution in [0.2, 0.25) is 0 Å². The van der Waals surface area contributed by atoms with E-state index in [1.807, 2.05) is 12.3 Å². The maximum atomic E-state index is 12.4. The molecule has 1 N–H and O–H groups in total. The highest BCUT2D eigenvalue weighted by Crippen LogP contribution is 2.28. The number of Topliss-reactive ketones (excluding diaryl/α,β-unsaturated/α-hetero) is 1. The second-order valence-corrected chi connectivity index (χ2v) is 6.93. The molecule has 0 aliphatic carbocycles. The Balaban J connectivity index is 1.67. The van der Waals surface area contributed by atoms with Gasteiger partial charge < -0.3 is 14.2 Å². The van der Waals surface area contributed by atoms with Gasteiger partial charge in [0.15, 0.2) is 11.5 Å². The van der Waals surface area contributed by atoms with E-state index in [1.54, 1.807) is 24.3 Å². The lowest BCUT2D eigenvalue weighted by Crippen LogP contribution is -2.09. The number of carbonyl (C=O) groups is 2. The van der Waals surface area contributed by atoms with Crippen molar-refractivity contribution in [3.63, 3.8) is 0 Å². The van der Waals surface area contributed by atoms with Crippen molar-refractivity contribution in [2.75, 3.05) is 17.3 Å². The maximum Gasteiger partial charge on any atom is 0.284 e. The van der Waals surface area contributed by atoms with Gasteiger partial charge in [-0.1, -0.05) is 17.8 Å². The first kappa shape index (κ1) is 18.3. The Morgan fingerprint density at radius 3 is 2.77 bits per heavy atom. The van der Waals surface area contributed by atoms with Gasteiger partial charge in [-0.25, -0.2) is 0 Å². The van der Waals surface area contributed by atoms with Crippen LogP contribution >= 0.6 is 23.5 Å². The first-order chi connectivity index (χ1) is 12.6. The summed E-state index contributed by atoms with van der Waals surface area (Å²) >= 11 is 2.64. The van der Waals surface area contributed by atoms with Gasteiger partial charge >= 0.3 is 0 Å². The van der Waals surface area contributed by atoms with Gasteiger partial charge in [0.05, 0.1) is 17.7 Å². The Hall–Kier alpha value is -2.52. The fourth-order valence-electron chi connectivity index (χ4n) is 2.15. The highest BCUT2D eigenvalue weighted by Gasteiger charge is 2.15. The van der Waals surface area contributed by atoms with E-state index in [9.17, 15) is 9.59 Å². The van der Waals surface area contributed by atoms with Gasteiger partial charge in [-0.05, 0) is 30.5 Å². The number of hydrogen-bond donors (Lipinski definition) is 1. The lowest BCUT2D eigenvalue weighted by molar-refractivity contribution is -0.114. The number of ketones is 1. The molecule has 1 aromatic carbocycles. The number of nitrogens with zero attached hydrogens (tertiary/aromatic N) is 2. The van der Waals surface area contributed by atoms with Crippen LogP contribution in [-0.4, -0.2) is 33.9 Å². The van der Waals surface area contributed by atoms with Gasteiger partial charge in [0.1, 0.15) is 0 Å². The molecule has 3 aromatic rings. The molecule has 2 heterocycles. The van der Waals surface area contributed by atoms with Crippen LogP contribution in [0, 0.1) is 0 Å². The van der Waals surface area contributed by atoms with Crippen LogP contribution in [0.4, 0.5) is 5.69 Å². The zero-order chi connectivity index (χ0) is 18.5. The number of carbonyl (C=O) groups excluding carboxylic acids is 2. The van der Waals surface area contributed by atoms with E-state index in [1.165, 1.54) is 24.9 Å². The molecule has 0 bridgehead atoms. The number of amides is 1. The van der Waals surface area contributed by atoms with E-state index in [-0.39, 0.29) is 28.6 Å². The molecule has 0 saturated carbocycles. The Bertz CT molecular complexity index is 922. The predicted molar refractivity (Wildman–Crippen MR) is 99.6 cm³/mol. The van der Waals surface area contributed by atoms with Crippen molar-refractivity contribution in [1.82, 2.24) is 10.2 Å². The molecule has 0 fully saturated rings. The molecule has 0 atom stereocenters. The summed E-state index contributed by atoms with van der Waals surface area (Å²) in [6.07, 6.45) is 3.42. The van der Waals surface area contributed by atoms with Gasteiger partial charge in [0.2, 0.25) is 5.91 Å². The third-order valence-corrected chi connectivity index (χ3v) is 4.91. The highest BCUT2D eigenvalue weighted by molar-refractivity contribution is 7.99. The van der Waals surface area contributed by atoms with E-state index in [2.05, 4.69) is 15.5 Å². The Kier molecular flexibility index (Phi) is 5.79. The summed E-state index contributed by atoms with van der Waals surface area (Å²) in [7, 11) is 0. The van der Waals surface area contributed by atoms with E-state index in [0.717, 1.165) is 16.7 Å². The lowest BCUT2D eigenvalue weighted by Gasteiger charge is -2.09. The quantitative estimate of drug-likeness (QED) is 0.478. The molecule has 7 nitrogen and oxygen atoms in total. The van der Waals surface area contributed by atoms with Crippen molar-refractivity contribution in [1.29, 1.82) is 0 Å². The molecule has 0 aliphatic rings. The molecule has 26 heavy (non-hydrogen) atoms. The summed E-state index contributed by atoms with van der Waals surface area (Å²) in [6.45, 7) is 1.43. The van der Waals surface area contributed by atoms with E-state index < -0.39 is 0 Å². The first-order valence-corrected chi connectivity index (χ1v) is 9.77. The molecule has 1 amide bonds. The van der Waals surface area contributed by atoms with Gasteiger partial charge in [0, 0.05) is 17.4 Å². The second-order valence-electron chi connectivity index (χ2n) is 5.16. The average molecular weight is 389 g/mol. The minimum atomic E-state index is -0.185. The molecule has 0 saturated heterocycles. The Morgan fingerprint density at radius 1 is 1.23 bits per heavy atom.